The van der Waals surface area contributed by atoms with Crippen LogP contribution in [0.15, 0.2) is 48.5 Å². The second-order valence-electron chi connectivity index (χ2n) is 7.71. The van der Waals surface area contributed by atoms with Crippen LogP contribution >= 0.6 is 0 Å². The number of benzene rings is 2. The van der Waals surface area contributed by atoms with Crippen molar-refractivity contribution in [3.8, 4) is 0 Å². The quantitative estimate of drug-likeness (QED) is 0.413. The van der Waals surface area contributed by atoms with Crippen LogP contribution in [-0.2, 0) is 14.3 Å². The summed E-state index contributed by atoms with van der Waals surface area (Å²) >= 11 is 0. The maximum atomic E-state index is 13.5. The van der Waals surface area contributed by atoms with Crippen molar-refractivity contribution in [1.29, 1.82) is 0 Å². The van der Waals surface area contributed by atoms with Gasteiger partial charge in [0.25, 0.3) is 11.6 Å². The molecule has 1 aliphatic heterocycles. The van der Waals surface area contributed by atoms with E-state index < -0.39 is 22.3 Å². The van der Waals surface area contributed by atoms with Crippen LogP contribution in [0.25, 0.3) is 0 Å². The van der Waals surface area contributed by atoms with Crippen LogP contribution in [0.4, 0.5) is 17.1 Å². The number of para-hydroxylation sites is 2. The van der Waals surface area contributed by atoms with Crippen molar-refractivity contribution in [3.05, 3.63) is 64.2 Å². The predicted octanol–water partition coefficient (Wildman–Crippen LogP) is 3.32. The van der Waals surface area contributed by atoms with Gasteiger partial charge in [0.05, 0.1) is 34.9 Å². The van der Waals surface area contributed by atoms with E-state index in [-0.39, 0.29) is 36.7 Å². The van der Waals surface area contributed by atoms with Crippen molar-refractivity contribution in [2.24, 2.45) is 0 Å². The number of nitro groups is 1. The van der Waals surface area contributed by atoms with Crippen molar-refractivity contribution in [2.75, 3.05) is 23.0 Å². The van der Waals surface area contributed by atoms with Crippen LogP contribution < -0.4 is 9.80 Å². The van der Waals surface area contributed by atoms with E-state index in [1.54, 1.807) is 45.0 Å². The second kappa shape index (κ2) is 8.55. The van der Waals surface area contributed by atoms with Gasteiger partial charge >= 0.3 is 5.97 Å². The minimum absolute atomic E-state index is 0.0280. The Kier molecular flexibility index (Phi) is 6.05. The lowest BCUT2D eigenvalue weighted by molar-refractivity contribution is -0.384. The molecule has 0 unspecified atom stereocenters. The standard InChI is InChI=1S/C22H23N3O6/c1-4-31-20(27)14-23-17-7-5-6-8-18(17)24(22(2,3)13-19(23)26)21(28)15-9-11-16(12-10-15)25(29)30/h5-12H,4,13-14H2,1-3H3. The predicted molar refractivity (Wildman–Crippen MR) is 114 cm³/mol. The lowest BCUT2D eigenvalue weighted by Gasteiger charge is -2.37. The van der Waals surface area contributed by atoms with Gasteiger partial charge in [-0.2, -0.15) is 0 Å². The number of fused-ring (bicyclic) bond motifs is 1. The van der Waals surface area contributed by atoms with Gasteiger partial charge in [-0.1, -0.05) is 12.1 Å². The summed E-state index contributed by atoms with van der Waals surface area (Å²) in [4.78, 5) is 51.9. The van der Waals surface area contributed by atoms with E-state index in [4.69, 9.17) is 4.74 Å². The fourth-order valence-corrected chi connectivity index (χ4v) is 3.63. The lowest BCUT2D eigenvalue weighted by atomic mass is 9.96. The van der Waals surface area contributed by atoms with Gasteiger partial charge in [0.2, 0.25) is 5.91 Å². The fourth-order valence-electron chi connectivity index (χ4n) is 3.63. The highest BCUT2D eigenvalue weighted by Crippen LogP contribution is 2.40. The highest BCUT2D eigenvalue weighted by atomic mass is 16.6. The number of hydrogen-bond donors (Lipinski definition) is 0. The number of nitro benzene ring substituents is 1. The summed E-state index contributed by atoms with van der Waals surface area (Å²) in [5.41, 5.74) is 0.0881. The Morgan fingerprint density at radius 2 is 1.71 bits per heavy atom. The van der Waals surface area contributed by atoms with Crippen LogP contribution in [0.5, 0.6) is 0 Å². The van der Waals surface area contributed by atoms with E-state index in [1.807, 2.05) is 0 Å². The van der Waals surface area contributed by atoms with Crippen molar-refractivity contribution < 1.29 is 24.0 Å². The zero-order valence-electron chi connectivity index (χ0n) is 17.5. The number of ether oxygens (including phenoxy) is 1. The molecule has 0 spiro atoms. The molecule has 2 aromatic rings. The summed E-state index contributed by atoms with van der Waals surface area (Å²) in [6, 6.07) is 12.1. The number of nitrogens with zero attached hydrogens (tertiary/aromatic N) is 3. The van der Waals surface area contributed by atoms with E-state index in [1.165, 1.54) is 34.1 Å². The topological polar surface area (TPSA) is 110 Å². The molecule has 9 nitrogen and oxygen atoms in total. The van der Waals surface area contributed by atoms with Gasteiger partial charge in [0.15, 0.2) is 0 Å². The Morgan fingerprint density at radius 3 is 2.29 bits per heavy atom. The van der Waals surface area contributed by atoms with Crippen LogP contribution in [-0.4, -0.2) is 41.4 Å². The SMILES string of the molecule is CCOC(=O)CN1C(=O)CC(C)(C)N(C(=O)c2ccc([N+](=O)[O-])cc2)c2ccccc21. The smallest absolute Gasteiger partial charge is 0.326 e. The van der Waals surface area contributed by atoms with Crippen LogP contribution in [0.1, 0.15) is 37.6 Å². The molecule has 0 N–H and O–H groups in total. The maximum Gasteiger partial charge on any atom is 0.326 e. The monoisotopic (exact) mass is 425 g/mol. The van der Waals surface area contributed by atoms with E-state index >= 15 is 0 Å². The molecule has 0 aromatic heterocycles. The molecule has 0 atom stereocenters. The summed E-state index contributed by atoms with van der Waals surface area (Å²) in [7, 11) is 0. The Bertz CT molecular complexity index is 1030. The van der Waals surface area contributed by atoms with Crippen LogP contribution in [0, 0.1) is 10.1 Å². The van der Waals surface area contributed by atoms with Gasteiger partial charge in [-0.25, -0.2) is 0 Å². The molecule has 1 heterocycles. The van der Waals surface area contributed by atoms with Gasteiger partial charge < -0.3 is 9.64 Å². The molecule has 1 aliphatic rings. The summed E-state index contributed by atoms with van der Waals surface area (Å²) in [5, 5.41) is 10.9. The first-order valence-corrected chi connectivity index (χ1v) is 9.79. The molecule has 9 heteroatoms. The zero-order valence-corrected chi connectivity index (χ0v) is 17.5. The summed E-state index contributed by atoms with van der Waals surface area (Å²) in [6.45, 7) is 5.14. The molecular formula is C22H23N3O6. The molecule has 162 valence electrons. The van der Waals surface area contributed by atoms with E-state index in [0.29, 0.717) is 11.4 Å². The first-order chi connectivity index (χ1) is 14.7. The fraction of sp³-hybridized carbons (Fsp3) is 0.318. The van der Waals surface area contributed by atoms with Gasteiger partial charge in [0.1, 0.15) is 6.54 Å². The zero-order chi connectivity index (χ0) is 22.8. The first kappa shape index (κ1) is 21.9. The molecular weight excluding hydrogens is 402 g/mol. The average Bonchev–Trinajstić information content (AvgIpc) is 2.79. The highest BCUT2D eigenvalue weighted by molar-refractivity contribution is 6.13. The molecule has 0 aliphatic carbocycles. The molecule has 0 saturated heterocycles. The van der Waals surface area contributed by atoms with Gasteiger partial charge in [0, 0.05) is 17.7 Å². The Labute approximate surface area is 179 Å². The summed E-state index contributed by atoms with van der Waals surface area (Å²) < 4.78 is 5.01. The molecule has 0 saturated carbocycles. The number of hydrogen-bond acceptors (Lipinski definition) is 6. The van der Waals surface area contributed by atoms with Crippen molar-refractivity contribution in [1.82, 2.24) is 0 Å². The molecule has 2 amide bonds. The normalized spacial score (nSPS) is 15.1. The molecule has 2 aromatic carbocycles. The third kappa shape index (κ3) is 4.40. The highest BCUT2D eigenvalue weighted by Gasteiger charge is 2.41. The van der Waals surface area contributed by atoms with Crippen LogP contribution in [0.2, 0.25) is 0 Å². The number of esters is 1. The third-order valence-corrected chi connectivity index (χ3v) is 5.02. The molecule has 0 radical (unpaired) electrons. The molecule has 31 heavy (non-hydrogen) atoms. The molecule has 3 rings (SSSR count). The van der Waals surface area contributed by atoms with Crippen LogP contribution in [0.3, 0.4) is 0 Å². The number of non-ortho nitro benzene ring substituents is 1. The summed E-state index contributed by atoms with van der Waals surface area (Å²) in [5.74, 6) is -1.26. The molecule has 0 fully saturated rings. The van der Waals surface area contributed by atoms with Crippen molar-refractivity contribution >= 4 is 34.8 Å². The average molecular weight is 425 g/mol. The van der Waals surface area contributed by atoms with Gasteiger partial charge in [-0.3, -0.25) is 29.4 Å². The molecule has 0 bridgehead atoms. The summed E-state index contributed by atoms with van der Waals surface area (Å²) in [6.07, 6.45) is -0.0280. The van der Waals surface area contributed by atoms with Gasteiger partial charge in [-0.05, 0) is 45.0 Å². The maximum absolute atomic E-state index is 13.5. The number of rotatable bonds is 5. The van der Waals surface area contributed by atoms with E-state index in [0.717, 1.165) is 0 Å². The van der Waals surface area contributed by atoms with Crippen molar-refractivity contribution in [3.63, 3.8) is 0 Å². The first-order valence-electron chi connectivity index (χ1n) is 9.79. The third-order valence-electron chi connectivity index (χ3n) is 5.02. The van der Waals surface area contributed by atoms with Crippen molar-refractivity contribution in [2.45, 2.75) is 32.7 Å². The minimum atomic E-state index is -0.921. The Balaban J connectivity index is 2.07. The Morgan fingerprint density at radius 1 is 1.10 bits per heavy atom. The number of amides is 2. The van der Waals surface area contributed by atoms with E-state index in [2.05, 4.69) is 0 Å². The number of carbonyl (C=O) groups excluding carboxylic acids is 3. The minimum Gasteiger partial charge on any atom is -0.465 e. The van der Waals surface area contributed by atoms with Gasteiger partial charge in [-0.15, -0.1) is 0 Å². The number of anilines is 2. The van der Waals surface area contributed by atoms with E-state index in [9.17, 15) is 24.5 Å². The second-order valence-corrected chi connectivity index (χ2v) is 7.71. The number of carbonyl (C=O) groups is 3. The largest absolute Gasteiger partial charge is 0.465 e. The lowest BCUT2D eigenvalue weighted by Crippen LogP contribution is -2.49. The Hall–Kier alpha value is -3.75.